The second-order valence-corrected chi connectivity index (χ2v) is 7.64. The molecule has 6 nitrogen and oxygen atoms in total. The summed E-state index contributed by atoms with van der Waals surface area (Å²) >= 11 is 1.68. The van der Waals surface area contributed by atoms with Gasteiger partial charge < -0.3 is 19.2 Å². The predicted molar refractivity (Wildman–Crippen MR) is 107 cm³/mol. The van der Waals surface area contributed by atoms with Gasteiger partial charge in [-0.1, -0.05) is 18.2 Å². The van der Waals surface area contributed by atoms with Gasteiger partial charge >= 0.3 is 0 Å². The molecule has 0 spiro atoms. The molecule has 1 unspecified atom stereocenters. The van der Waals surface area contributed by atoms with E-state index in [2.05, 4.69) is 16.3 Å². The van der Waals surface area contributed by atoms with Crippen LogP contribution >= 0.6 is 11.3 Å². The van der Waals surface area contributed by atoms with Crippen LogP contribution in [0, 0.1) is 0 Å². The molecule has 1 N–H and O–H groups in total. The first-order valence-electron chi connectivity index (χ1n) is 9.18. The Balaban J connectivity index is 1.30. The highest BCUT2D eigenvalue weighted by atomic mass is 32.1. The van der Waals surface area contributed by atoms with Crippen LogP contribution in [-0.4, -0.2) is 36.6 Å². The van der Waals surface area contributed by atoms with Gasteiger partial charge in [-0.25, -0.2) is 0 Å². The molecular formula is C21H22N2O4S. The number of carbonyl (C=O) groups is 1. The number of nitrogens with zero attached hydrogens (tertiary/aromatic N) is 1. The van der Waals surface area contributed by atoms with Crippen LogP contribution in [0.15, 0.2) is 64.6 Å². The van der Waals surface area contributed by atoms with E-state index in [0.29, 0.717) is 32.0 Å². The van der Waals surface area contributed by atoms with Crippen LogP contribution in [0.1, 0.15) is 10.6 Å². The summed E-state index contributed by atoms with van der Waals surface area (Å²) in [6, 6.07) is 15.4. The summed E-state index contributed by atoms with van der Waals surface area (Å²) in [5.41, 5.74) is 0. The van der Waals surface area contributed by atoms with E-state index in [0.717, 1.165) is 11.5 Å². The molecule has 0 radical (unpaired) electrons. The third-order valence-electron chi connectivity index (χ3n) is 4.38. The first kappa shape index (κ1) is 18.6. The lowest BCUT2D eigenvalue weighted by molar-refractivity contribution is -0.123. The van der Waals surface area contributed by atoms with Gasteiger partial charge in [0.25, 0.3) is 0 Å². The van der Waals surface area contributed by atoms with Crippen molar-refractivity contribution in [1.29, 1.82) is 0 Å². The fraction of sp³-hybridized carbons (Fsp3) is 0.286. The number of fused-ring (bicyclic) bond motifs is 1. The van der Waals surface area contributed by atoms with Gasteiger partial charge in [-0.3, -0.25) is 9.69 Å². The van der Waals surface area contributed by atoms with Crippen molar-refractivity contribution >= 4 is 17.2 Å². The smallest absolute Gasteiger partial charge is 0.234 e. The number of carbonyl (C=O) groups excluding carboxylic acids is 1. The monoisotopic (exact) mass is 398 g/mol. The van der Waals surface area contributed by atoms with Crippen molar-refractivity contribution in [2.24, 2.45) is 0 Å². The minimum Gasteiger partial charge on any atom is -0.486 e. The van der Waals surface area contributed by atoms with E-state index in [9.17, 15) is 4.79 Å². The van der Waals surface area contributed by atoms with E-state index in [1.165, 1.54) is 4.88 Å². The van der Waals surface area contributed by atoms with E-state index in [1.807, 2.05) is 47.8 Å². The summed E-state index contributed by atoms with van der Waals surface area (Å²) in [7, 11) is 0. The van der Waals surface area contributed by atoms with Crippen LogP contribution in [0.3, 0.4) is 0 Å². The SMILES string of the molecule is O=C(CN(Cc1ccco1)Cc1cccs1)NCC1COc2ccccc2O1. The Bertz CT molecular complexity index is 843. The van der Waals surface area contributed by atoms with Crippen molar-refractivity contribution in [3.05, 3.63) is 70.8 Å². The number of rotatable bonds is 8. The Labute approximate surface area is 167 Å². The third-order valence-corrected chi connectivity index (χ3v) is 5.24. The largest absolute Gasteiger partial charge is 0.486 e. The van der Waals surface area contributed by atoms with Crippen LogP contribution in [-0.2, 0) is 17.9 Å². The van der Waals surface area contributed by atoms with E-state index in [1.54, 1.807) is 17.6 Å². The molecule has 3 aromatic rings. The summed E-state index contributed by atoms with van der Waals surface area (Å²) < 4.78 is 17.0. The van der Waals surface area contributed by atoms with Gasteiger partial charge in [-0.05, 0) is 35.7 Å². The zero-order valence-corrected chi connectivity index (χ0v) is 16.2. The second kappa shape index (κ2) is 8.95. The number of benzene rings is 1. The molecular weight excluding hydrogens is 376 g/mol. The van der Waals surface area contributed by atoms with Gasteiger partial charge in [0.05, 0.1) is 25.9 Å². The van der Waals surface area contributed by atoms with E-state index in [4.69, 9.17) is 13.9 Å². The standard InChI is InChI=1S/C21H22N2O4S/c24-21(22-11-17-15-26-19-7-1-2-8-20(19)27-17)14-23(12-16-5-3-9-25-16)13-18-6-4-10-28-18/h1-10,17H,11-15H2,(H,22,24). The molecule has 28 heavy (non-hydrogen) atoms. The molecule has 3 heterocycles. The summed E-state index contributed by atoms with van der Waals surface area (Å²) in [4.78, 5) is 15.8. The quantitative estimate of drug-likeness (QED) is 0.631. The van der Waals surface area contributed by atoms with Crippen LogP contribution in [0.4, 0.5) is 0 Å². The van der Waals surface area contributed by atoms with Crippen molar-refractivity contribution in [2.45, 2.75) is 19.2 Å². The number of nitrogens with one attached hydrogen (secondary N) is 1. The first-order valence-corrected chi connectivity index (χ1v) is 10.1. The number of ether oxygens (including phenoxy) is 2. The average Bonchev–Trinajstić information content (AvgIpc) is 3.40. The molecule has 0 saturated carbocycles. The molecule has 0 saturated heterocycles. The second-order valence-electron chi connectivity index (χ2n) is 6.61. The minimum atomic E-state index is -0.199. The highest BCUT2D eigenvalue weighted by Crippen LogP contribution is 2.30. The highest BCUT2D eigenvalue weighted by Gasteiger charge is 2.21. The molecule has 1 aliphatic heterocycles. The number of furan rings is 1. The van der Waals surface area contributed by atoms with Crippen molar-refractivity contribution < 1.29 is 18.7 Å². The van der Waals surface area contributed by atoms with Crippen molar-refractivity contribution in [2.75, 3.05) is 19.7 Å². The number of amides is 1. The third kappa shape index (κ3) is 4.94. The minimum absolute atomic E-state index is 0.0504. The topological polar surface area (TPSA) is 63.9 Å². The average molecular weight is 398 g/mol. The molecule has 1 aromatic carbocycles. The normalized spacial score (nSPS) is 15.5. The zero-order valence-electron chi connectivity index (χ0n) is 15.4. The fourth-order valence-corrected chi connectivity index (χ4v) is 3.81. The fourth-order valence-electron chi connectivity index (χ4n) is 3.06. The molecule has 7 heteroatoms. The van der Waals surface area contributed by atoms with Crippen molar-refractivity contribution in [1.82, 2.24) is 10.2 Å². The maximum Gasteiger partial charge on any atom is 0.234 e. The lowest BCUT2D eigenvalue weighted by Crippen LogP contribution is -2.44. The van der Waals surface area contributed by atoms with Gasteiger partial charge in [-0.15, -0.1) is 11.3 Å². The Morgan fingerprint density at radius 1 is 1.11 bits per heavy atom. The van der Waals surface area contributed by atoms with Gasteiger partial charge in [0, 0.05) is 11.4 Å². The van der Waals surface area contributed by atoms with Gasteiger partial charge in [-0.2, -0.15) is 0 Å². The predicted octanol–water partition coefficient (Wildman–Crippen LogP) is 3.30. The maximum atomic E-state index is 12.5. The molecule has 1 atom stereocenters. The highest BCUT2D eigenvalue weighted by molar-refractivity contribution is 7.09. The number of hydrogen-bond donors (Lipinski definition) is 1. The molecule has 0 bridgehead atoms. The summed E-state index contributed by atoms with van der Waals surface area (Å²) in [6.45, 7) is 2.38. The Morgan fingerprint density at radius 2 is 2.00 bits per heavy atom. The van der Waals surface area contributed by atoms with Crippen LogP contribution in [0.2, 0.25) is 0 Å². The maximum absolute atomic E-state index is 12.5. The van der Waals surface area contributed by atoms with Gasteiger partial charge in [0.2, 0.25) is 5.91 Å². The molecule has 2 aromatic heterocycles. The van der Waals surface area contributed by atoms with Crippen molar-refractivity contribution in [3.63, 3.8) is 0 Å². The molecule has 4 rings (SSSR count). The first-order chi connectivity index (χ1) is 13.8. The number of para-hydroxylation sites is 2. The summed E-state index contributed by atoms with van der Waals surface area (Å²) in [5.74, 6) is 2.24. The van der Waals surface area contributed by atoms with Crippen molar-refractivity contribution in [3.8, 4) is 11.5 Å². The van der Waals surface area contributed by atoms with Crippen LogP contribution < -0.4 is 14.8 Å². The Hall–Kier alpha value is -2.77. The molecule has 0 aliphatic carbocycles. The molecule has 146 valence electrons. The zero-order chi connectivity index (χ0) is 19.2. The number of thiophene rings is 1. The number of hydrogen-bond acceptors (Lipinski definition) is 6. The van der Waals surface area contributed by atoms with E-state index >= 15 is 0 Å². The van der Waals surface area contributed by atoms with Crippen LogP contribution in [0.25, 0.3) is 0 Å². The Morgan fingerprint density at radius 3 is 2.79 bits per heavy atom. The van der Waals surface area contributed by atoms with Gasteiger partial charge in [0.15, 0.2) is 11.5 Å². The van der Waals surface area contributed by atoms with E-state index < -0.39 is 0 Å². The molecule has 0 fully saturated rings. The van der Waals surface area contributed by atoms with Crippen LogP contribution in [0.5, 0.6) is 11.5 Å². The van der Waals surface area contributed by atoms with Gasteiger partial charge in [0.1, 0.15) is 18.5 Å². The molecule has 1 aliphatic rings. The lowest BCUT2D eigenvalue weighted by Gasteiger charge is -2.27. The summed E-state index contributed by atoms with van der Waals surface area (Å²) in [6.07, 6.45) is 1.45. The summed E-state index contributed by atoms with van der Waals surface area (Å²) in [5, 5.41) is 5.00. The van der Waals surface area contributed by atoms with E-state index in [-0.39, 0.29) is 18.6 Å². The Kier molecular flexibility index (Phi) is 5.94. The molecule has 1 amide bonds. The lowest BCUT2D eigenvalue weighted by atomic mass is 10.2.